The molecule has 0 aromatic heterocycles. The highest BCUT2D eigenvalue weighted by Gasteiger charge is 2.34. The molecule has 2 aromatic carbocycles. The molecule has 0 atom stereocenters. The summed E-state index contributed by atoms with van der Waals surface area (Å²) in [6.07, 6.45) is 0. The van der Waals surface area contributed by atoms with Gasteiger partial charge in [0.05, 0.1) is 5.75 Å². The van der Waals surface area contributed by atoms with Crippen LogP contribution in [-0.2, 0) is 14.8 Å². The van der Waals surface area contributed by atoms with Crippen LogP contribution in [0.25, 0.3) is 0 Å². The van der Waals surface area contributed by atoms with E-state index in [4.69, 9.17) is 0 Å². The number of halogens is 3. The van der Waals surface area contributed by atoms with Gasteiger partial charge >= 0.3 is 0 Å². The molecule has 0 bridgehead atoms. The van der Waals surface area contributed by atoms with Gasteiger partial charge in [-0.15, -0.1) is 11.8 Å². The Morgan fingerprint density at radius 3 is 2.07 bits per heavy atom. The fraction of sp³-hybridized carbons (Fsp3) is 0.278. The van der Waals surface area contributed by atoms with Gasteiger partial charge < -0.3 is 4.90 Å². The van der Waals surface area contributed by atoms with Crippen LogP contribution in [0.2, 0.25) is 0 Å². The summed E-state index contributed by atoms with van der Waals surface area (Å²) in [6.45, 7) is 0.0242. The third kappa shape index (κ3) is 4.34. The Labute approximate surface area is 165 Å². The number of carbonyl (C=O) groups excluding carboxylic acids is 1. The topological polar surface area (TPSA) is 57.7 Å². The van der Waals surface area contributed by atoms with Crippen LogP contribution in [0, 0.1) is 17.5 Å². The van der Waals surface area contributed by atoms with Crippen molar-refractivity contribution in [3.8, 4) is 0 Å². The summed E-state index contributed by atoms with van der Waals surface area (Å²) in [5, 5.41) is 0. The predicted molar refractivity (Wildman–Crippen MR) is 98.8 cm³/mol. The quantitative estimate of drug-likeness (QED) is 0.685. The first-order valence-electron chi connectivity index (χ1n) is 8.40. The fourth-order valence-corrected chi connectivity index (χ4v) is 5.20. The number of hydrogen-bond acceptors (Lipinski definition) is 4. The van der Waals surface area contributed by atoms with Gasteiger partial charge in [-0.05, 0) is 24.3 Å². The summed E-state index contributed by atoms with van der Waals surface area (Å²) < 4.78 is 67.4. The van der Waals surface area contributed by atoms with E-state index in [-0.39, 0.29) is 37.8 Å². The van der Waals surface area contributed by atoms with Crippen molar-refractivity contribution in [2.24, 2.45) is 0 Å². The van der Waals surface area contributed by atoms with Crippen molar-refractivity contribution in [1.82, 2.24) is 9.21 Å². The van der Waals surface area contributed by atoms with Crippen LogP contribution in [0.4, 0.5) is 13.2 Å². The lowest BCUT2D eigenvalue weighted by Crippen LogP contribution is -2.51. The maximum absolute atomic E-state index is 13.9. The van der Waals surface area contributed by atoms with E-state index in [0.29, 0.717) is 4.90 Å². The highest BCUT2D eigenvalue weighted by atomic mass is 32.2. The number of nitrogens with zero attached hydrogens (tertiary/aromatic N) is 2. The largest absolute Gasteiger partial charge is 0.339 e. The highest BCUT2D eigenvalue weighted by Crippen LogP contribution is 2.25. The van der Waals surface area contributed by atoms with Crippen LogP contribution in [-0.4, -0.2) is 55.5 Å². The molecule has 150 valence electrons. The molecule has 0 aliphatic carbocycles. The third-order valence-electron chi connectivity index (χ3n) is 4.30. The van der Waals surface area contributed by atoms with E-state index in [9.17, 15) is 26.4 Å². The van der Waals surface area contributed by atoms with Crippen molar-refractivity contribution < 1.29 is 26.4 Å². The van der Waals surface area contributed by atoms with E-state index >= 15 is 0 Å². The van der Waals surface area contributed by atoms with E-state index < -0.39 is 32.4 Å². The van der Waals surface area contributed by atoms with E-state index in [1.165, 1.54) is 11.0 Å². The van der Waals surface area contributed by atoms with Crippen LogP contribution in [0.3, 0.4) is 0 Å². The Hall–Kier alpha value is -2.04. The summed E-state index contributed by atoms with van der Waals surface area (Å²) >= 11 is 1.06. The molecular weight excluding hydrogens is 413 g/mol. The molecule has 10 heteroatoms. The molecule has 28 heavy (non-hydrogen) atoms. The first-order valence-corrected chi connectivity index (χ1v) is 10.8. The molecule has 0 N–H and O–H groups in total. The molecule has 0 radical (unpaired) electrons. The second-order valence-corrected chi connectivity index (χ2v) is 8.95. The maximum Gasteiger partial charge on any atom is 0.249 e. The standard InChI is InChI=1S/C18H17F3N2O3S2/c19-13-4-1-2-7-16(13)27-12-17(24)22-8-10-23(11-9-22)28(25,26)18-14(20)5-3-6-15(18)21/h1-7H,8-12H2. The van der Waals surface area contributed by atoms with Crippen molar-refractivity contribution in [3.63, 3.8) is 0 Å². The smallest absolute Gasteiger partial charge is 0.249 e. The van der Waals surface area contributed by atoms with Crippen LogP contribution < -0.4 is 0 Å². The fourth-order valence-electron chi connectivity index (χ4n) is 2.83. The summed E-state index contributed by atoms with van der Waals surface area (Å²) in [5.74, 6) is -2.97. The summed E-state index contributed by atoms with van der Waals surface area (Å²) in [6, 6.07) is 8.96. The zero-order valence-corrected chi connectivity index (χ0v) is 16.3. The second-order valence-electron chi connectivity index (χ2n) is 6.05. The number of amides is 1. The lowest BCUT2D eigenvalue weighted by atomic mass is 10.3. The molecule has 3 rings (SSSR count). The van der Waals surface area contributed by atoms with Crippen molar-refractivity contribution in [3.05, 3.63) is 59.9 Å². The van der Waals surface area contributed by atoms with Crippen LogP contribution in [0.5, 0.6) is 0 Å². The van der Waals surface area contributed by atoms with Crippen molar-refractivity contribution >= 4 is 27.7 Å². The van der Waals surface area contributed by atoms with E-state index in [2.05, 4.69) is 0 Å². The number of sulfonamides is 1. The van der Waals surface area contributed by atoms with E-state index in [0.717, 1.165) is 34.3 Å². The average Bonchev–Trinajstić information content (AvgIpc) is 2.67. The second kappa shape index (κ2) is 8.54. The van der Waals surface area contributed by atoms with Crippen LogP contribution >= 0.6 is 11.8 Å². The van der Waals surface area contributed by atoms with Gasteiger partial charge in [-0.25, -0.2) is 21.6 Å². The van der Waals surface area contributed by atoms with Gasteiger partial charge in [-0.1, -0.05) is 18.2 Å². The number of hydrogen-bond donors (Lipinski definition) is 0. The molecule has 1 heterocycles. The van der Waals surface area contributed by atoms with Gasteiger partial charge in [0.25, 0.3) is 0 Å². The molecule has 0 saturated carbocycles. The molecule has 1 aliphatic rings. The molecule has 0 unspecified atom stereocenters. The number of rotatable bonds is 5. The Morgan fingerprint density at radius 2 is 1.46 bits per heavy atom. The Balaban J connectivity index is 1.61. The first-order chi connectivity index (χ1) is 13.3. The van der Waals surface area contributed by atoms with Gasteiger partial charge in [0, 0.05) is 31.1 Å². The Morgan fingerprint density at radius 1 is 0.893 bits per heavy atom. The molecule has 0 spiro atoms. The SMILES string of the molecule is O=C(CSc1ccccc1F)N1CCN(S(=O)(=O)c2c(F)cccc2F)CC1. The van der Waals surface area contributed by atoms with E-state index in [1.54, 1.807) is 18.2 Å². The van der Waals surface area contributed by atoms with E-state index in [1.807, 2.05) is 0 Å². The minimum atomic E-state index is -4.34. The van der Waals surface area contributed by atoms with Gasteiger partial charge in [-0.3, -0.25) is 4.79 Å². The third-order valence-corrected chi connectivity index (χ3v) is 7.28. The minimum Gasteiger partial charge on any atom is -0.339 e. The number of piperazine rings is 1. The molecule has 5 nitrogen and oxygen atoms in total. The monoisotopic (exact) mass is 430 g/mol. The van der Waals surface area contributed by atoms with Crippen molar-refractivity contribution in [2.45, 2.75) is 9.79 Å². The Kier molecular flexibility index (Phi) is 6.31. The summed E-state index contributed by atoms with van der Waals surface area (Å²) in [7, 11) is -4.34. The van der Waals surface area contributed by atoms with Gasteiger partial charge in [-0.2, -0.15) is 4.31 Å². The normalized spacial score (nSPS) is 15.6. The molecule has 1 saturated heterocycles. The lowest BCUT2D eigenvalue weighted by molar-refractivity contribution is -0.129. The average molecular weight is 430 g/mol. The molecule has 2 aromatic rings. The van der Waals surface area contributed by atoms with Gasteiger partial charge in [0.1, 0.15) is 17.5 Å². The maximum atomic E-state index is 13.9. The number of carbonyl (C=O) groups is 1. The molecular formula is C18H17F3N2O3S2. The lowest BCUT2D eigenvalue weighted by Gasteiger charge is -2.34. The summed E-state index contributed by atoms with van der Waals surface area (Å²) in [4.78, 5) is 13.1. The van der Waals surface area contributed by atoms with Crippen LogP contribution in [0.1, 0.15) is 0 Å². The zero-order valence-electron chi connectivity index (χ0n) is 14.6. The van der Waals surface area contributed by atoms with Crippen molar-refractivity contribution in [2.75, 3.05) is 31.9 Å². The van der Waals surface area contributed by atoms with Crippen molar-refractivity contribution in [1.29, 1.82) is 0 Å². The predicted octanol–water partition coefficient (Wildman–Crippen LogP) is 2.73. The molecule has 1 fully saturated rings. The zero-order chi connectivity index (χ0) is 20.3. The first kappa shape index (κ1) is 20.7. The molecule has 1 amide bonds. The highest BCUT2D eigenvalue weighted by molar-refractivity contribution is 8.00. The number of thioether (sulfide) groups is 1. The van der Waals surface area contributed by atoms with Gasteiger partial charge in [0.15, 0.2) is 4.90 Å². The molecule has 1 aliphatic heterocycles. The number of benzene rings is 2. The van der Waals surface area contributed by atoms with Gasteiger partial charge in [0.2, 0.25) is 15.9 Å². The summed E-state index contributed by atoms with van der Waals surface area (Å²) in [5.41, 5.74) is 0. The van der Waals surface area contributed by atoms with Crippen LogP contribution in [0.15, 0.2) is 52.3 Å². The Bertz CT molecular complexity index is 958. The minimum absolute atomic E-state index is 0.00955.